The van der Waals surface area contributed by atoms with Gasteiger partial charge in [0.2, 0.25) is 0 Å². The highest BCUT2D eigenvalue weighted by Gasteiger charge is 2.10. The van der Waals surface area contributed by atoms with Gasteiger partial charge in [0.25, 0.3) is 0 Å². The van der Waals surface area contributed by atoms with Gasteiger partial charge in [-0.05, 0) is 68.7 Å². The van der Waals surface area contributed by atoms with Gasteiger partial charge in [0.1, 0.15) is 0 Å². The second-order valence-electron chi connectivity index (χ2n) is 6.21. The first kappa shape index (κ1) is 16.2. The highest BCUT2D eigenvalue weighted by molar-refractivity contribution is 5.68. The molecule has 3 nitrogen and oxygen atoms in total. The lowest BCUT2D eigenvalue weighted by Crippen LogP contribution is -2.06. The Morgan fingerprint density at radius 1 is 1.00 bits per heavy atom. The van der Waals surface area contributed by atoms with Crippen molar-refractivity contribution < 1.29 is 9.13 Å². The number of aryl methyl sites for hydroxylation is 2. The average Bonchev–Trinajstić information content (AvgIpc) is 2.96. The summed E-state index contributed by atoms with van der Waals surface area (Å²) in [6.07, 6.45) is 1.88. The molecule has 0 radical (unpaired) electrons. The molecule has 4 heteroatoms. The normalized spacial score (nSPS) is 11.1. The van der Waals surface area contributed by atoms with E-state index in [2.05, 4.69) is 5.10 Å². The molecule has 124 valence electrons. The molecule has 0 N–H and O–H groups in total. The van der Waals surface area contributed by atoms with Crippen LogP contribution in [0.1, 0.15) is 25.1 Å². The van der Waals surface area contributed by atoms with Gasteiger partial charge in [-0.1, -0.05) is 18.2 Å². The van der Waals surface area contributed by atoms with Gasteiger partial charge in [0.05, 0.1) is 17.5 Å². The third-order valence-corrected chi connectivity index (χ3v) is 3.81. The molecule has 1 aromatic heterocycles. The molecule has 0 saturated carbocycles. The number of aromatic nitrogens is 2. The molecule has 0 aliphatic rings. The van der Waals surface area contributed by atoms with Gasteiger partial charge in [-0.15, -0.1) is 0 Å². The fourth-order valence-electron chi connectivity index (χ4n) is 2.61. The summed E-state index contributed by atoms with van der Waals surface area (Å²) >= 11 is 0. The number of hydrogen-bond acceptors (Lipinski definition) is 2. The molecular formula is C20H21FN2O. The average molecular weight is 324 g/mol. The highest BCUT2D eigenvalue weighted by atomic mass is 19.1. The first-order valence-electron chi connectivity index (χ1n) is 8.04. The van der Waals surface area contributed by atoms with Crippen molar-refractivity contribution in [2.24, 2.45) is 0 Å². The van der Waals surface area contributed by atoms with Crippen LogP contribution in [-0.4, -0.2) is 15.9 Å². The molecule has 24 heavy (non-hydrogen) atoms. The van der Waals surface area contributed by atoms with Gasteiger partial charge in [0.15, 0.2) is 11.6 Å². The molecule has 0 aliphatic heterocycles. The van der Waals surface area contributed by atoms with Crippen LogP contribution in [0.3, 0.4) is 0 Å². The van der Waals surface area contributed by atoms with Crippen LogP contribution in [0.15, 0.2) is 48.7 Å². The Morgan fingerprint density at radius 3 is 2.33 bits per heavy atom. The van der Waals surface area contributed by atoms with Crippen molar-refractivity contribution in [3.8, 4) is 22.6 Å². The molecule has 0 saturated heterocycles. The topological polar surface area (TPSA) is 27.1 Å². The van der Waals surface area contributed by atoms with Gasteiger partial charge in [-0.25, -0.2) is 9.07 Å². The Bertz CT molecular complexity index is 868. The van der Waals surface area contributed by atoms with Crippen LogP contribution < -0.4 is 4.74 Å². The number of rotatable bonds is 4. The summed E-state index contributed by atoms with van der Waals surface area (Å²) in [7, 11) is 0. The van der Waals surface area contributed by atoms with Crippen LogP contribution in [0.4, 0.5) is 4.39 Å². The molecule has 0 aliphatic carbocycles. The second kappa shape index (κ2) is 6.48. The number of halogens is 1. The molecule has 0 amide bonds. The number of nitrogens with zero attached hydrogens (tertiary/aromatic N) is 2. The van der Waals surface area contributed by atoms with E-state index < -0.39 is 0 Å². The van der Waals surface area contributed by atoms with Crippen molar-refractivity contribution in [3.05, 3.63) is 65.7 Å². The number of ether oxygens (including phenoxy) is 1. The van der Waals surface area contributed by atoms with Gasteiger partial charge < -0.3 is 4.74 Å². The van der Waals surface area contributed by atoms with E-state index >= 15 is 0 Å². The Kier molecular flexibility index (Phi) is 4.38. The minimum atomic E-state index is -0.349. The van der Waals surface area contributed by atoms with Crippen molar-refractivity contribution in [2.45, 2.75) is 33.8 Å². The van der Waals surface area contributed by atoms with Gasteiger partial charge in [0, 0.05) is 6.20 Å². The largest absolute Gasteiger partial charge is 0.488 e. The van der Waals surface area contributed by atoms with E-state index in [4.69, 9.17) is 4.74 Å². The van der Waals surface area contributed by atoms with Crippen LogP contribution in [0.2, 0.25) is 0 Å². The molecule has 0 spiro atoms. The SMILES string of the molecule is Cc1ccn(-c2cc(-c3ccc(OC(C)C)c(F)c3)ccc2C)n1. The van der Waals surface area contributed by atoms with E-state index in [0.29, 0.717) is 0 Å². The Balaban J connectivity index is 2.00. The quantitative estimate of drug-likeness (QED) is 0.669. The first-order chi connectivity index (χ1) is 11.4. The van der Waals surface area contributed by atoms with Crippen molar-refractivity contribution in [1.82, 2.24) is 9.78 Å². The molecule has 0 unspecified atom stereocenters. The van der Waals surface area contributed by atoms with E-state index in [1.54, 1.807) is 6.07 Å². The minimum Gasteiger partial charge on any atom is -0.488 e. The van der Waals surface area contributed by atoms with Crippen LogP contribution in [0.25, 0.3) is 16.8 Å². The predicted molar refractivity (Wildman–Crippen MR) is 94.2 cm³/mol. The summed E-state index contributed by atoms with van der Waals surface area (Å²) in [6, 6.07) is 13.1. The summed E-state index contributed by atoms with van der Waals surface area (Å²) in [4.78, 5) is 0. The third-order valence-electron chi connectivity index (χ3n) is 3.81. The lowest BCUT2D eigenvalue weighted by atomic mass is 10.0. The molecule has 0 fully saturated rings. The van der Waals surface area contributed by atoms with E-state index in [0.717, 1.165) is 28.1 Å². The third kappa shape index (κ3) is 3.32. The van der Waals surface area contributed by atoms with Crippen LogP contribution in [0.5, 0.6) is 5.75 Å². The molecule has 2 aromatic carbocycles. The van der Waals surface area contributed by atoms with E-state index in [9.17, 15) is 4.39 Å². The Labute approximate surface area is 141 Å². The van der Waals surface area contributed by atoms with Gasteiger partial charge in [-0.3, -0.25) is 0 Å². The summed E-state index contributed by atoms with van der Waals surface area (Å²) in [6.45, 7) is 7.76. The zero-order valence-electron chi connectivity index (χ0n) is 14.4. The molecule has 0 bridgehead atoms. The van der Waals surface area contributed by atoms with Gasteiger partial charge >= 0.3 is 0 Å². The molecular weight excluding hydrogens is 303 g/mol. The van der Waals surface area contributed by atoms with E-state index in [-0.39, 0.29) is 17.7 Å². The smallest absolute Gasteiger partial charge is 0.165 e. The van der Waals surface area contributed by atoms with Crippen LogP contribution >= 0.6 is 0 Å². The second-order valence-corrected chi connectivity index (χ2v) is 6.21. The molecule has 1 heterocycles. The Morgan fingerprint density at radius 2 is 1.71 bits per heavy atom. The standard InChI is InChI=1S/C20H21FN2O/c1-13(2)24-20-8-7-16(11-18(20)21)17-6-5-14(3)19(12-17)23-10-9-15(4)22-23/h5-13H,1-4H3. The monoisotopic (exact) mass is 324 g/mol. The lowest BCUT2D eigenvalue weighted by Gasteiger charge is -2.13. The predicted octanol–water partition coefficient (Wildman–Crippen LogP) is 5.08. The van der Waals surface area contributed by atoms with Gasteiger partial charge in [-0.2, -0.15) is 5.10 Å². The zero-order chi connectivity index (χ0) is 17.3. The number of benzene rings is 2. The maximum absolute atomic E-state index is 14.3. The Hall–Kier alpha value is -2.62. The summed E-state index contributed by atoms with van der Waals surface area (Å²) in [5, 5.41) is 4.46. The number of hydrogen-bond donors (Lipinski definition) is 0. The maximum atomic E-state index is 14.3. The van der Waals surface area contributed by atoms with Crippen molar-refractivity contribution in [1.29, 1.82) is 0 Å². The van der Waals surface area contributed by atoms with E-state index in [1.165, 1.54) is 6.07 Å². The summed E-state index contributed by atoms with van der Waals surface area (Å²) in [5.74, 6) is -0.0676. The maximum Gasteiger partial charge on any atom is 0.165 e. The fourth-order valence-corrected chi connectivity index (χ4v) is 2.61. The lowest BCUT2D eigenvalue weighted by molar-refractivity contribution is 0.231. The molecule has 3 rings (SSSR count). The molecule has 0 atom stereocenters. The highest BCUT2D eigenvalue weighted by Crippen LogP contribution is 2.28. The van der Waals surface area contributed by atoms with Crippen LogP contribution in [0, 0.1) is 19.7 Å². The first-order valence-corrected chi connectivity index (χ1v) is 8.04. The fraction of sp³-hybridized carbons (Fsp3) is 0.250. The van der Waals surface area contributed by atoms with Crippen molar-refractivity contribution >= 4 is 0 Å². The van der Waals surface area contributed by atoms with E-state index in [1.807, 2.05) is 68.9 Å². The summed E-state index contributed by atoms with van der Waals surface area (Å²) in [5.41, 5.74) is 4.82. The minimum absolute atomic E-state index is 0.0561. The molecule has 3 aromatic rings. The summed E-state index contributed by atoms with van der Waals surface area (Å²) < 4.78 is 21.6. The van der Waals surface area contributed by atoms with Crippen molar-refractivity contribution in [2.75, 3.05) is 0 Å². The zero-order valence-corrected chi connectivity index (χ0v) is 14.4. The van der Waals surface area contributed by atoms with Crippen molar-refractivity contribution in [3.63, 3.8) is 0 Å². The van der Waals surface area contributed by atoms with Crippen LogP contribution in [-0.2, 0) is 0 Å².